The van der Waals surface area contributed by atoms with Crippen molar-refractivity contribution in [1.82, 2.24) is 10.6 Å². The van der Waals surface area contributed by atoms with Gasteiger partial charge in [-0.1, -0.05) is 114 Å². The molecule has 15 heteroatoms. The number of ether oxygens (including phenoxy) is 3. The fraction of sp³-hybridized carbons (Fsp3) is 0.429. The summed E-state index contributed by atoms with van der Waals surface area (Å²) < 4.78 is 15.9. The number of rotatable bonds is 16. The van der Waals surface area contributed by atoms with Crippen LogP contribution in [0.2, 0.25) is 0 Å². The van der Waals surface area contributed by atoms with Gasteiger partial charge in [0, 0.05) is 49.8 Å². The zero-order valence-corrected chi connectivity index (χ0v) is 33.1. The number of hydrogen-bond acceptors (Lipinski definition) is 12. The third kappa shape index (κ3) is 14.2. The zero-order valence-electron chi connectivity index (χ0n) is 33.1. The van der Waals surface area contributed by atoms with Crippen LogP contribution in [0.4, 0.5) is 0 Å². The van der Waals surface area contributed by atoms with Crippen molar-refractivity contribution >= 4 is 36.0 Å². The van der Waals surface area contributed by atoms with Crippen molar-refractivity contribution in [2.45, 2.75) is 103 Å². The molecule has 2 amide bonds. The Morgan fingerprint density at radius 1 is 0.684 bits per heavy atom. The number of aliphatic carboxylic acids is 1. The number of amides is 2. The monoisotopic (exact) mass is 784 g/mol. The smallest absolute Gasteiger partial charge is 0.303 e. The topological polar surface area (TPSA) is 229 Å². The molecule has 1 aliphatic carbocycles. The minimum Gasteiger partial charge on any atom is -0.599 e. The number of hydrogen-bond donors (Lipinski definition) is 3. The molecule has 0 saturated carbocycles. The molecule has 0 unspecified atom stereocenters. The van der Waals surface area contributed by atoms with E-state index < -0.39 is 59.3 Å². The SMILES string of the molecule is CC(C)(C)OC([O-])=NCC[C@H](N=C([O-])OC(C)(C)C)C(=O)NCc1ccc(CNC(=O)[C@H](CCC(=O)O)N=C([O-])OCC2c3ccccc3-c3ccccc32)cc1. The number of carbonyl (C=O) groups is 3. The fourth-order valence-corrected chi connectivity index (χ4v) is 5.90. The number of aliphatic imine (C=N–C) groups is 3. The maximum Gasteiger partial charge on any atom is 0.303 e. The molecule has 3 aromatic rings. The molecule has 0 aromatic heterocycles. The lowest BCUT2D eigenvalue weighted by atomic mass is 9.98. The predicted octanol–water partition coefficient (Wildman–Crippen LogP) is 2.52. The number of nitrogens with one attached hydrogen (secondary N) is 2. The van der Waals surface area contributed by atoms with E-state index in [1.165, 1.54) is 0 Å². The number of nitrogens with zero attached hydrogens (tertiary/aromatic N) is 3. The molecular formula is C42H50N5O10-3. The number of carbonyl (C=O) groups excluding carboxylic acids is 2. The van der Waals surface area contributed by atoms with Crippen LogP contribution in [0.5, 0.6) is 0 Å². The maximum atomic E-state index is 13.2. The highest BCUT2D eigenvalue weighted by molar-refractivity contribution is 5.85. The van der Waals surface area contributed by atoms with Crippen molar-refractivity contribution in [2.75, 3.05) is 13.2 Å². The summed E-state index contributed by atoms with van der Waals surface area (Å²) in [4.78, 5) is 49.3. The van der Waals surface area contributed by atoms with Crippen molar-refractivity contribution in [3.63, 3.8) is 0 Å². The molecule has 2 atom stereocenters. The molecule has 57 heavy (non-hydrogen) atoms. The van der Waals surface area contributed by atoms with Gasteiger partial charge in [0.15, 0.2) is 0 Å². The Balaban J connectivity index is 1.33. The fourth-order valence-electron chi connectivity index (χ4n) is 5.90. The van der Waals surface area contributed by atoms with E-state index >= 15 is 0 Å². The molecule has 0 heterocycles. The summed E-state index contributed by atoms with van der Waals surface area (Å²) in [6.45, 7) is 10.1. The largest absolute Gasteiger partial charge is 0.599 e. The van der Waals surface area contributed by atoms with Crippen LogP contribution in [0.15, 0.2) is 87.8 Å². The van der Waals surface area contributed by atoms with Gasteiger partial charge in [-0.05, 0) is 46.2 Å². The van der Waals surface area contributed by atoms with Crippen molar-refractivity contribution in [3.05, 3.63) is 95.1 Å². The van der Waals surface area contributed by atoms with Crippen molar-refractivity contribution in [2.24, 2.45) is 15.0 Å². The first-order chi connectivity index (χ1) is 26.9. The average Bonchev–Trinajstić information content (AvgIpc) is 3.45. The lowest BCUT2D eigenvalue weighted by molar-refractivity contribution is -0.261. The molecule has 3 N–H and O–H groups in total. The molecule has 1 aliphatic rings. The molecule has 306 valence electrons. The first-order valence-corrected chi connectivity index (χ1v) is 18.6. The second kappa shape index (κ2) is 19.6. The number of fused-ring (bicyclic) bond motifs is 3. The highest BCUT2D eigenvalue weighted by Gasteiger charge is 2.27. The Morgan fingerprint density at radius 2 is 1.14 bits per heavy atom. The second-order valence-corrected chi connectivity index (χ2v) is 15.4. The summed E-state index contributed by atoms with van der Waals surface area (Å²) in [6.07, 6.45) is -3.33. The van der Waals surface area contributed by atoms with Gasteiger partial charge >= 0.3 is 5.97 Å². The second-order valence-electron chi connectivity index (χ2n) is 15.4. The first kappa shape index (κ1) is 43.6. The van der Waals surface area contributed by atoms with Crippen LogP contribution in [0.25, 0.3) is 11.1 Å². The highest BCUT2D eigenvalue weighted by atomic mass is 16.6. The number of carboxylic acids is 1. The van der Waals surface area contributed by atoms with Gasteiger partial charge in [0.1, 0.15) is 30.3 Å². The van der Waals surface area contributed by atoms with Crippen LogP contribution in [0, 0.1) is 0 Å². The third-order valence-electron chi connectivity index (χ3n) is 8.48. The van der Waals surface area contributed by atoms with Gasteiger partial charge in [0.2, 0.25) is 11.8 Å². The molecule has 0 fully saturated rings. The molecule has 0 spiro atoms. The summed E-state index contributed by atoms with van der Waals surface area (Å²) in [5.74, 6) is -2.57. The van der Waals surface area contributed by atoms with Gasteiger partial charge in [0.05, 0.1) is 0 Å². The van der Waals surface area contributed by atoms with Crippen LogP contribution in [0.3, 0.4) is 0 Å². The molecule has 0 saturated heterocycles. The molecular weight excluding hydrogens is 734 g/mol. The molecule has 0 aliphatic heterocycles. The van der Waals surface area contributed by atoms with Gasteiger partial charge in [-0.15, -0.1) is 0 Å². The Kier molecular flexibility index (Phi) is 15.0. The van der Waals surface area contributed by atoms with E-state index in [1.807, 2.05) is 48.5 Å². The Hall–Kier alpha value is -6.12. The molecule has 15 nitrogen and oxygen atoms in total. The van der Waals surface area contributed by atoms with Crippen LogP contribution in [-0.4, -0.2) is 77.6 Å². The van der Waals surface area contributed by atoms with E-state index in [0.29, 0.717) is 11.1 Å². The van der Waals surface area contributed by atoms with Crippen LogP contribution in [0.1, 0.15) is 89.0 Å². The first-order valence-electron chi connectivity index (χ1n) is 18.6. The third-order valence-corrected chi connectivity index (χ3v) is 8.48. The van der Waals surface area contributed by atoms with E-state index in [2.05, 4.69) is 25.6 Å². The summed E-state index contributed by atoms with van der Waals surface area (Å²) in [5, 5.41) is 52.0. The average molecular weight is 785 g/mol. The van der Waals surface area contributed by atoms with Crippen molar-refractivity contribution in [3.8, 4) is 11.1 Å². The number of carboxylic acid groups (broad SMARTS) is 1. The standard InChI is InChI=1S/C42H53N5O10/c1-41(2,3)56-38(52)43-22-21-34(47-40(54)57-42(4,5)6)37(51)45-24-27-17-15-26(16-18-27)23-44-36(50)33(19-20-35(48)49)46-39(53)55-25-32-30-13-9-7-11-28(30)29-12-8-10-14-31(29)32/h7-18,32-34H,19-25H2,1-6H3,(H,43,52)(H,44,50)(H,45,51)(H,46,53)(H,47,54)(H,48,49)/p-3/t33-,34-/m0/s1. The van der Waals surface area contributed by atoms with Gasteiger partial charge in [-0.25, -0.2) is 0 Å². The Bertz CT molecular complexity index is 1900. The molecule has 3 aromatic carbocycles. The Morgan fingerprint density at radius 3 is 1.63 bits per heavy atom. The normalized spacial score (nSPS) is 14.5. The summed E-state index contributed by atoms with van der Waals surface area (Å²) in [6, 6.07) is 20.1. The minimum absolute atomic E-state index is 0.000487. The lowest BCUT2D eigenvalue weighted by Gasteiger charge is -2.30. The van der Waals surface area contributed by atoms with Crippen molar-refractivity contribution < 1.29 is 49.0 Å². The lowest BCUT2D eigenvalue weighted by Crippen LogP contribution is -2.38. The molecule has 0 radical (unpaired) electrons. The zero-order chi connectivity index (χ0) is 41.8. The predicted molar refractivity (Wildman–Crippen MR) is 208 cm³/mol. The molecule has 4 rings (SSSR count). The summed E-state index contributed by atoms with van der Waals surface area (Å²) in [7, 11) is 0. The highest BCUT2D eigenvalue weighted by Crippen LogP contribution is 2.44. The van der Waals surface area contributed by atoms with Crippen LogP contribution in [-0.2, 0) is 41.7 Å². The van der Waals surface area contributed by atoms with Gasteiger partial charge < -0.3 is 45.3 Å². The van der Waals surface area contributed by atoms with Gasteiger partial charge in [0.25, 0.3) is 0 Å². The van der Waals surface area contributed by atoms with E-state index in [1.54, 1.807) is 65.8 Å². The van der Waals surface area contributed by atoms with E-state index in [0.717, 1.165) is 22.3 Å². The Labute approximate surface area is 332 Å². The van der Waals surface area contributed by atoms with Gasteiger partial charge in [-0.2, -0.15) is 0 Å². The van der Waals surface area contributed by atoms with Crippen LogP contribution >= 0.6 is 0 Å². The van der Waals surface area contributed by atoms with Crippen molar-refractivity contribution in [1.29, 1.82) is 0 Å². The molecule has 0 bridgehead atoms. The van der Waals surface area contributed by atoms with Gasteiger partial charge in [-0.3, -0.25) is 29.4 Å². The maximum absolute atomic E-state index is 13.2. The van der Waals surface area contributed by atoms with E-state index in [4.69, 9.17) is 14.2 Å². The van der Waals surface area contributed by atoms with E-state index in [-0.39, 0.29) is 51.4 Å². The minimum atomic E-state index is -1.29. The quantitative estimate of drug-likeness (QED) is 0.142. The number of benzene rings is 3. The summed E-state index contributed by atoms with van der Waals surface area (Å²) >= 11 is 0. The van der Waals surface area contributed by atoms with Crippen LogP contribution < -0.4 is 26.0 Å². The van der Waals surface area contributed by atoms with E-state index in [9.17, 15) is 34.8 Å². The summed E-state index contributed by atoms with van der Waals surface area (Å²) in [5.41, 5.74) is 3.94.